The van der Waals surface area contributed by atoms with Gasteiger partial charge in [-0.25, -0.2) is 9.97 Å². The molecule has 4 rings (SSSR count). The van der Waals surface area contributed by atoms with E-state index < -0.39 is 0 Å². The van der Waals surface area contributed by atoms with Crippen molar-refractivity contribution in [2.45, 2.75) is 44.8 Å². The van der Waals surface area contributed by atoms with Crippen molar-refractivity contribution in [3.63, 3.8) is 0 Å². The summed E-state index contributed by atoms with van der Waals surface area (Å²) in [5.41, 5.74) is 0.734. The fourth-order valence-electron chi connectivity index (χ4n) is 3.59. The highest BCUT2D eigenvalue weighted by atomic mass is 35.5. The second kappa shape index (κ2) is 7.07. The van der Waals surface area contributed by atoms with Crippen molar-refractivity contribution in [3.05, 3.63) is 10.3 Å². The molecule has 0 aromatic carbocycles. The lowest BCUT2D eigenvalue weighted by Crippen LogP contribution is -2.46. The van der Waals surface area contributed by atoms with Crippen LogP contribution >= 0.6 is 22.9 Å². The summed E-state index contributed by atoms with van der Waals surface area (Å²) in [5.74, 6) is 0.532. The van der Waals surface area contributed by atoms with Crippen molar-refractivity contribution in [3.8, 4) is 5.88 Å². The number of morpholine rings is 1. The maximum absolute atomic E-state index is 6.16. The van der Waals surface area contributed by atoms with Crippen molar-refractivity contribution in [2.75, 3.05) is 26.3 Å². The van der Waals surface area contributed by atoms with E-state index in [1.807, 2.05) is 6.92 Å². The summed E-state index contributed by atoms with van der Waals surface area (Å²) in [6, 6.07) is 0.657. The number of aromatic nitrogens is 3. The van der Waals surface area contributed by atoms with Crippen molar-refractivity contribution in [1.82, 2.24) is 19.9 Å². The molecule has 3 heterocycles. The van der Waals surface area contributed by atoms with Crippen molar-refractivity contribution in [2.24, 2.45) is 0 Å². The topological polar surface area (TPSA) is 60.4 Å². The zero-order valence-corrected chi connectivity index (χ0v) is 15.3. The van der Waals surface area contributed by atoms with Gasteiger partial charge in [0.05, 0.1) is 18.2 Å². The fraction of sp³-hybridized carbons (Fsp3) is 0.688. The molecule has 0 unspecified atom stereocenters. The largest absolute Gasteiger partial charge is 0.473 e. The zero-order chi connectivity index (χ0) is 16.5. The number of nitrogens with zero attached hydrogens (tertiary/aromatic N) is 4. The van der Waals surface area contributed by atoms with Crippen LogP contribution in [0, 0.1) is 6.92 Å². The number of thiazole rings is 1. The van der Waals surface area contributed by atoms with Crippen LogP contribution in [0.4, 0.5) is 0 Å². The molecule has 0 N–H and O–H groups in total. The van der Waals surface area contributed by atoms with E-state index in [1.54, 1.807) is 0 Å². The third kappa shape index (κ3) is 3.49. The van der Waals surface area contributed by atoms with Gasteiger partial charge in [0.15, 0.2) is 10.3 Å². The molecule has 1 aliphatic carbocycles. The number of fused-ring (bicyclic) bond motifs is 1. The van der Waals surface area contributed by atoms with Crippen LogP contribution in [0.15, 0.2) is 0 Å². The molecule has 2 aliphatic rings. The van der Waals surface area contributed by atoms with Crippen LogP contribution in [0.25, 0.3) is 10.3 Å². The predicted molar refractivity (Wildman–Crippen MR) is 94.0 cm³/mol. The molecule has 0 amide bonds. The maximum atomic E-state index is 6.16. The summed E-state index contributed by atoms with van der Waals surface area (Å²) in [4.78, 5) is 16.4. The number of aryl methyl sites for hydroxylation is 1. The van der Waals surface area contributed by atoms with Gasteiger partial charge < -0.3 is 9.47 Å². The molecule has 2 aromatic heterocycles. The molecule has 24 heavy (non-hydrogen) atoms. The van der Waals surface area contributed by atoms with Gasteiger partial charge in [0, 0.05) is 19.1 Å². The Bertz CT molecular complexity index is 711. The van der Waals surface area contributed by atoms with E-state index in [1.165, 1.54) is 11.3 Å². The maximum Gasteiger partial charge on any atom is 0.246 e. The molecule has 0 radical (unpaired) electrons. The second-order valence-electron chi connectivity index (χ2n) is 6.38. The lowest BCUT2D eigenvalue weighted by Gasteiger charge is -2.38. The Balaban J connectivity index is 1.42. The van der Waals surface area contributed by atoms with E-state index in [-0.39, 0.29) is 11.4 Å². The summed E-state index contributed by atoms with van der Waals surface area (Å²) in [6.07, 6.45) is 4.56. The molecule has 6 nitrogen and oxygen atoms in total. The van der Waals surface area contributed by atoms with E-state index in [9.17, 15) is 0 Å². The molecule has 1 aliphatic heterocycles. The lowest BCUT2D eigenvalue weighted by atomic mass is 9.91. The Kier molecular flexibility index (Phi) is 4.85. The van der Waals surface area contributed by atoms with E-state index in [2.05, 4.69) is 19.9 Å². The summed E-state index contributed by atoms with van der Waals surface area (Å²) in [7, 11) is 0. The van der Waals surface area contributed by atoms with Gasteiger partial charge in [0.25, 0.3) is 0 Å². The number of hydrogen-bond donors (Lipinski definition) is 0. The smallest absolute Gasteiger partial charge is 0.246 e. The molecule has 0 atom stereocenters. The molecule has 8 heteroatoms. The highest BCUT2D eigenvalue weighted by Crippen LogP contribution is 2.32. The summed E-state index contributed by atoms with van der Waals surface area (Å²) in [6.45, 7) is 5.78. The number of rotatable bonds is 3. The Morgan fingerprint density at radius 2 is 1.88 bits per heavy atom. The Morgan fingerprint density at radius 3 is 2.62 bits per heavy atom. The highest BCUT2D eigenvalue weighted by Gasteiger charge is 2.28. The van der Waals surface area contributed by atoms with E-state index in [0.717, 1.165) is 67.3 Å². The molecule has 2 fully saturated rings. The fourth-order valence-corrected chi connectivity index (χ4v) is 4.58. The quantitative estimate of drug-likeness (QED) is 0.776. The van der Waals surface area contributed by atoms with E-state index >= 15 is 0 Å². The van der Waals surface area contributed by atoms with Gasteiger partial charge in [-0.15, -0.1) is 0 Å². The molecular weight excluding hydrogens is 348 g/mol. The minimum atomic E-state index is 0.179. The Hall–Kier alpha value is -1.02. The van der Waals surface area contributed by atoms with Crippen LogP contribution in [0.3, 0.4) is 0 Å². The highest BCUT2D eigenvalue weighted by molar-refractivity contribution is 7.18. The third-order valence-corrected chi connectivity index (χ3v) is 5.82. The lowest BCUT2D eigenvalue weighted by molar-refractivity contribution is -0.00127. The van der Waals surface area contributed by atoms with Gasteiger partial charge in [-0.1, -0.05) is 11.3 Å². The first-order valence-corrected chi connectivity index (χ1v) is 9.67. The summed E-state index contributed by atoms with van der Waals surface area (Å²) < 4.78 is 11.6. The van der Waals surface area contributed by atoms with Gasteiger partial charge in [-0.2, -0.15) is 4.98 Å². The average molecular weight is 369 g/mol. The van der Waals surface area contributed by atoms with Crippen LogP contribution in [-0.4, -0.2) is 58.3 Å². The molecular formula is C16H21ClN4O2S. The van der Waals surface area contributed by atoms with Gasteiger partial charge in [-0.3, -0.25) is 4.90 Å². The summed E-state index contributed by atoms with van der Waals surface area (Å²) >= 11 is 7.55. The number of hydrogen-bond acceptors (Lipinski definition) is 7. The number of ether oxygens (including phenoxy) is 2. The van der Waals surface area contributed by atoms with Gasteiger partial charge in [0.1, 0.15) is 6.10 Å². The molecule has 130 valence electrons. The molecule has 1 saturated heterocycles. The molecule has 0 bridgehead atoms. The van der Waals surface area contributed by atoms with Crippen LogP contribution < -0.4 is 4.74 Å². The standard InChI is InChI=1S/C16H21ClN4O2S/c1-10-18-13-14(19-16(17)20-15(13)24-10)23-12-4-2-11(3-5-12)21-6-8-22-9-7-21/h11-12H,2-9H2,1H3/t11-,12-. The minimum Gasteiger partial charge on any atom is -0.473 e. The first-order chi connectivity index (χ1) is 11.7. The number of halogens is 1. The Morgan fingerprint density at radius 1 is 1.12 bits per heavy atom. The second-order valence-corrected chi connectivity index (χ2v) is 7.90. The first kappa shape index (κ1) is 16.4. The normalized spacial score (nSPS) is 25.9. The van der Waals surface area contributed by atoms with Crippen LogP contribution in [-0.2, 0) is 4.74 Å². The van der Waals surface area contributed by atoms with Crippen molar-refractivity contribution < 1.29 is 9.47 Å². The van der Waals surface area contributed by atoms with E-state index in [0.29, 0.717) is 11.9 Å². The van der Waals surface area contributed by atoms with Gasteiger partial charge in [-0.05, 0) is 44.2 Å². The third-order valence-electron chi connectivity index (χ3n) is 4.79. The molecule has 0 spiro atoms. The Labute approximate surface area is 150 Å². The predicted octanol–water partition coefficient (Wildman–Crippen LogP) is 3.07. The van der Waals surface area contributed by atoms with Crippen LogP contribution in [0.2, 0.25) is 5.28 Å². The average Bonchev–Trinajstić information content (AvgIpc) is 2.97. The zero-order valence-electron chi connectivity index (χ0n) is 13.7. The van der Waals surface area contributed by atoms with Crippen LogP contribution in [0.5, 0.6) is 5.88 Å². The monoisotopic (exact) mass is 368 g/mol. The summed E-state index contributed by atoms with van der Waals surface area (Å²) in [5, 5.41) is 1.17. The van der Waals surface area contributed by atoms with Crippen LogP contribution in [0.1, 0.15) is 30.7 Å². The van der Waals surface area contributed by atoms with E-state index in [4.69, 9.17) is 21.1 Å². The van der Waals surface area contributed by atoms with Crippen molar-refractivity contribution >= 4 is 33.3 Å². The van der Waals surface area contributed by atoms with Gasteiger partial charge in [0.2, 0.25) is 11.2 Å². The molecule has 2 aromatic rings. The molecule has 1 saturated carbocycles. The van der Waals surface area contributed by atoms with Gasteiger partial charge >= 0.3 is 0 Å². The first-order valence-electron chi connectivity index (χ1n) is 8.48. The SMILES string of the molecule is Cc1nc2c(O[C@H]3CC[C@H](N4CCOCC4)CC3)nc(Cl)nc2s1. The minimum absolute atomic E-state index is 0.179. The van der Waals surface area contributed by atoms with Crippen molar-refractivity contribution in [1.29, 1.82) is 0 Å².